The zero-order valence-corrected chi connectivity index (χ0v) is 13.9. The zero-order chi connectivity index (χ0) is 15.6. The Morgan fingerprint density at radius 3 is 2.48 bits per heavy atom. The molecule has 0 aromatic heterocycles. The molecule has 4 unspecified atom stereocenters. The van der Waals surface area contributed by atoms with Crippen molar-refractivity contribution < 1.29 is 9.90 Å². The number of hydrogen-bond acceptors (Lipinski definition) is 4. The lowest BCUT2D eigenvalue weighted by atomic mass is 9.78. The van der Waals surface area contributed by atoms with Crippen molar-refractivity contribution in [2.45, 2.75) is 70.1 Å². The van der Waals surface area contributed by atoms with Crippen LogP contribution in [-0.2, 0) is 4.79 Å². The molecule has 21 heavy (non-hydrogen) atoms. The molecule has 4 atom stereocenters. The maximum absolute atomic E-state index is 11.8. The first-order valence-electron chi connectivity index (χ1n) is 8.34. The summed E-state index contributed by atoms with van der Waals surface area (Å²) in [4.78, 5) is 16.7. The number of aliphatic carboxylic acids is 1. The lowest BCUT2D eigenvalue weighted by Crippen LogP contribution is -2.62. The molecule has 2 rings (SSSR count). The van der Waals surface area contributed by atoms with Gasteiger partial charge >= 0.3 is 5.97 Å². The van der Waals surface area contributed by atoms with Crippen LogP contribution in [0.1, 0.15) is 46.5 Å². The number of carbonyl (C=O) groups is 1. The van der Waals surface area contributed by atoms with Crippen LogP contribution in [0.3, 0.4) is 0 Å². The molecule has 1 saturated carbocycles. The third-order valence-corrected chi connectivity index (χ3v) is 5.55. The molecule has 0 bridgehead atoms. The van der Waals surface area contributed by atoms with Gasteiger partial charge in [-0.25, -0.2) is 0 Å². The van der Waals surface area contributed by atoms with Crippen molar-refractivity contribution in [2.75, 3.05) is 26.7 Å². The molecule has 0 aromatic rings. The van der Waals surface area contributed by atoms with Crippen molar-refractivity contribution in [3.05, 3.63) is 0 Å². The van der Waals surface area contributed by atoms with Crippen LogP contribution >= 0.6 is 0 Å². The fourth-order valence-corrected chi connectivity index (χ4v) is 4.07. The van der Waals surface area contributed by atoms with E-state index in [1.54, 1.807) is 0 Å². The van der Waals surface area contributed by atoms with Gasteiger partial charge in [-0.05, 0) is 53.1 Å². The van der Waals surface area contributed by atoms with E-state index < -0.39 is 11.5 Å². The van der Waals surface area contributed by atoms with Crippen LogP contribution in [0.25, 0.3) is 0 Å². The number of piperazine rings is 1. The predicted molar refractivity (Wildman–Crippen MR) is 84.6 cm³/mol. The number of hydrogen-bond donors (Lipinski definition) is 2. The van der Waals surface area contributed by atoms with Gasteiger partial charge in [0.05, 0.1) is 0 Å². The molecule has 0 spiro atoms. The third-order valence-electron chi connectivity index (χ3n) is 5.55. The second kappa shape index (κ2) is 6.63. The number of carboxylic acid groups (broad SMARTS) is 1. The van der Waals surface area contributed by atoms with Crippen LogP contribution in [0.2, 0.25) is 0 Å². The molecule has 2 aliphatic rings. The van der Waals surface area contributed by atoms with E-state index in [4.69, 9.17) is 0 Å². The first kappa shape index (κ1) is 16.7. The Kier molecular flexibility index (Phi) is 5.28. The molecule has 1 aliphatic heterocycles. The average molecular weight is 297 g/mol. The molecule has 5 nitrogen and oxygen atoms in total. The van der Waals surface area contributed by atoms with E-state index in [1.807, 2.05) is 6.92 Å². The fourth-order valence-electron chi connectivity index (χ4n) is 4.07. The SMILES string of the molecule is CCNC1(C(=O)O)CCCC(N2CC(C)N(C)C(C)C2)C1. The van der Waals surface area contributed by atoms with Crippen molar-refractivity contribution in [3.8, 4) is 0 Å². The summed E-state index contributed by atoms with van der Waals surface area (Å²) in [6.07, 6.45) is 3.62. The number of likely N-dealkylation sites (N-methyl/N-ethyl adjacent to an activating group) is 2. The maximum Gasteiger partial charge on any atom is 0.323 e. The van der Waals surface area contributed by atoms with Crippen LogP contribution in [0.15, 0.2) is 0 Å². The molecule has 2 fully saturated rings. The van der Waals surface area contributed by atoms with Crippen LogP contribution in [0.5, 0.6) is 0 Å². The van der Waals surface area contributed by atoms with E-state index in [0.29, 0.717) is 24.7 Å². The van der Waals surface area contributed by atoms with Crippen LogP contribution in [-0.4, -0.2) is 71.2 Å². The zero-order valence-electron chi connectivity index (χ0n) is 13.9. The first-order valence-corrected chi connectivity index (χ1v) is 8.34. The molecule has 1 saturated heterocycles. The number of nitrogens with zero attached hydrogens (tertiary/aromatic N) is 2. The molecule has 0 radical (unpaired) electrons. The molecule has 5 heteroatoms. The number of carboxylic acids is 1. The Bertz CT molecular complexity index is 361. The van der Waals surface area contributed by atoms with Gasteiger partial charge in [0.1, 0.15) is 5.54 Å². The highest BCUT2D eigenvalue weighted by Crippen LogP contribution is 2.33. The molecule has 122 valence electrons. The van der Waals surface area contributed by atoms with Gasteiger partial charge in [0.2, 0.25) is 0 Å². The van der Waals surface area contributed by atoms with E-state index in [1.165, 1.54) is 0 Å². The number of rotatable bonds is 4. The quantitative estimate of drug-likeness (QED) is 0.821. The molecule has 2 N–H and O–H groups in total. The minimum absolute atomic E-state index is 0.396. The highest BCUT2D eigenvalue weighted by atomic mass is 16.4. The summed E-state index contributed by atoms with van der Waals surface area (Å²) in [5, 5.41) is 13.0. The summed E-state index contributed by atoms with van der Waals surface area (Å²) in [7, 11) is 2.19. The molecule has 1 heterocycles. The fraction of sp³-hybridized carbons (Fsp3) is 0.938. The van der Waals surface area contributed by atoms with Crippen LogP contribution in [0, 0.1) is 0 Å². The van der Waals surface area contributed by atoms with E-state index >= 15 is 0 Å². The van der Waals surface area contributed by atoms with Crippen molar-refractivity contribution in [3.63, 3.8) is 0 Å². The molecular formula is C16H31N3O2. The predicted octanol–water partition coefficient (Wildman–Crippen LogP) is 1.39. The van der Waals surface area contributed by atoms with Gasteiger partial charge in [-0.15, -0.1) is 0 Å². The molecule has 1 aliphatic carbocycles. The third kappa shape index (κ3) is 3.41. The minimum atomic E-state index is -0.715. The molecule has 0 amide bonds. The highest BCUT2D eigenvalue weighted by molar-refractivity contribution is 5.79. The van der Waals surface area contributed by atoms with Gasteiger partial charge in [-0.3, -0.25) is 14.6 Å². The van der Waals surface area contributed by atoms with E-state index in [0.717, 1.165) is 38.8 Å². The van der Waals surface area contributed by atoms with Crippen molar-refractivity contribution in [1.82, 2.24) is 15.1 Å². The highest BCUT2D eigenvalue weighted by Gasteiger charge is 2.44. The second-order valence-corrected chi connectivity index (χ2v) is 6.99. The summed E-state index contributed by atoms with van der Waals surface area (Å²) in [6, 6.07) is 1.47. The van der Waals surface area contributed by atoms with Crippen molar-refractivity contribution in [1.29, 1.82) is 0 Å². The van der Waals surface area contributed by atoms with Crippen molar-refractivity contribution >= 4 is 5.97 Å². The number of nitrogens with one attached hydrogen (secondary N) is 1. The molecular weight excluding hydrogens is 266 g/mol. The van der Waals surface area contributed by atoms with Gasteiger partial charge in [0.15, 0.2) is 0 Å². The lowest BCUT2D eigenvalue weighted by Gasteiger charge is -2.49. The summed E-state index contributed by atoms with van der Waals surface area (Å²) < 4.78 is 0. The van der Waals surface area contributed by atoms with Gasteiger partial charge in [-0.1, -0.05) is 6.92 Å². The van der Waals surface area contributed by atoms with Crippen molar-refractivity contribution in [2.24, 2.45) is 0 Å². The monoisotopic (exact) mass is 297 g/mol. The first-order chi connectivity index (χ1) is 9.89. The topological polar surface area (TPSA) is 55.8 Å². The van der Waals surface area contributed by atoms with Gasteiger partial charge in [0.25, 0.3) is 0 Å². The smallest absolute Gasteiger partial charge is 0.323 e. The normalized spacial score (nSPS) is 39.3. The average Bonchev–Trinajstić information content (AvgIpc) is 2.44. The Hall–Kier alpha value is -0.650. The van der Waals surface area contributed by atoms with Crippen LogP contribution in [0.4, 0.5) is 0 Å². The summed E-state index contributed by atoms with van der Waals surface area (Å²) >= 11 is 0. The maximum atomic E-state index is 11.8. The standard InChI is InChI=1S/C16H31N3O2/c1-5-17-16(15(20)21)8-6-7-14(9-16)19-10-12(2)18(4)13(3)11-19/h12-14,17H,5-11H2,1-4H3,(H,20,21). The Balaban J connectivity index is 2.08. The summed E-state index contributed by atoms with van der Waals surface area (Å²) in [6.45, 7) is 9.34. The Labute approximate surface area is 128 Å². The Morgan fingerprint density at radius 1 is 1.33 bits per heavy atom. The van der Waals surface area contributed by atoms with Gasteiger partial charge in [-0.2, -0.15) is 0 Å². The minimum Gasteiger partial charge on any atom is -0.480 e. The largest absolute Gasteiger partial charge is 0.480 e. The van der Waals surface area contributed by atoms with E-state index in [2.05, 4.69) is 36.0 Å². The second-order valence-electron chi connectivity index (χ2n) is 6.99. The van der Waals surface area contributed by atoms with Gasteiger partial charge < -0.3 is 10.4 Å². The van der Waals surface area contributed by atoms with Crippen LogP contribution < -0.4 is 5.32 Å². The lowest BCUT2D eigenvalue weighted by molar-refractivity contribution is -0.147. The summed E-state index contributed by atoms with van der Waals surface area (Å²) in [5.74, 6) is -0.677. The Morgan fingerprint density at radius 2 is 1.95 bits per heavy atom. The molecule has 0 aromatic carbocycles. The van der Waals surface area contributed by atoms with E-state index in [-0.39, 0.29) is 0 Å². The van der Waals surface area contributed by atoms with Gasteiger partial charge in [0, 0.05) is 31.2 Å². The van der Waals surface area contributed by atoms with E-state index in [9.17, 15) is 9.90 Å². The summed E-state index contributed by atoms with van der Waals surface area (Å²) in [5.41, 5.74) is -0.715.